The zero-order valence-corrected chi connectivity index (χ0v) is 14.6. The van der Waals surface area contributed by atoms with Gasteiger partial charge in [0.2, 0.25) is 0 Å². The van der Waals surface area contributed by atoms with Crippen LogP contribution in [-0.4, -0.2) is 56.2 Å². The lowest BCUT2D eigenvalue weighted by molar-refractivity contribution is 0.0325. The highest BCUT2D eigenvalue weighted by molar-refractivity contribution is 5.23. The van der Waals surface area contributed by atoms with E-state index in [0.29, 0.717) is 6.04 Å². The molecule has 2 aromatic rings. The Balaban J connectivity index is 1.66. The molecular formula is C21H28N2O. The maximum absolute atomic E-state index is 5.45. The molecule has 1 saturated heterocycles. The van der Waals surface area contributed by atoms with Crippen LogP contribution in [0.3, 0.4) is 0 Å². The molecule has 3 nitrogen and oxygen atoms in total. The molecule has 2 aromatic carbocycles. The molecule has 1 aliphatic rings. The second-order valence-corrected chi connectivity index (χ2v) is 6.55. The summed E-state index contributed by atoms with van der Waals surface area (Å²) in [4.78, 5) is 5.00. The summed E-state index contributed by atoms with van der Waals surface area (Å²) in [5, 5.41) is 0. The molecule has 0 aromatic heterocycles. The minimum atomic E-state index is 0.412. The summed E-state index contributed by atoms with van der Waals surface area (Å²) in [7, 11) is 2.25. The Morgan fingerprint density at radius 1 is 0.958 bits per heavy atom. The highest BCUT2D eigenvalue weighted by Crippen LogP contribution is 2.24. The minimum Gasteiger partial charge on any atom is -0.379 e. The highest BCUT2D eigenvalue weighted by atomic mass is 16.5. The molecule has 1 unspecified atom stereocenters. The van der Waals surface area contributed by atoms with Crippen molar-refractivity contribution in [2.24, 2.45) is 0 Å². The third kappa shape index (κ3) is 4.91. The molecule has 0 radical (unpaired) electrons. The number of nitrogens with zero attached hydrogens (tertiary/aromatic N) is 2. The van der Waals surface area contributed by atoms with E-state index in [2.05, 4.69) is 77.5 Å². The zero-order valence-electron chi connectivity index (χ0n) is 14.6. The van der Waals surface area contributed by atoms with Crippen LogP contribution in [0.25, 0.3) is 0 Å². The molecule has 3 heteroatoms. The Bertz CT molecular complexity index is 581. The molecule has 0 amide bonds. The lowest BCUT2D eigenvalue weighted by Crippen LogP contribution is -2.41. The van der Waals surface area contributed by atoms with E-state index in [1.165, 1.54) is 11.1 Å². The van der Waals surface area contributed by atoms with Crippen molar-refractivity contribution in [1.82, 2.24) is 9.80 Å². The summed E-state index contributed by atoms with van der Waals surface area (Å²) in [6, 6.07) is 22.1. The predicted octanol–water partition coefficient (Wildman–Crippen LogP) is 3.23. The summed E-state index contributed by atoms with van der Waals surface area (Å²) < 4.78 is 5.45. The van der Waals surface area contributed by atoms with Crippen LogP contribution in [0.2, 0.25) is 0 Å². The third-order valence-corrected chi connectivity index (χ3v) is 4.86. The van der Waals surface area contributed by atoms with Gasteiger partial charge in [-0.25, -0.2) is 0 Å². The lowest BCUT2D eigenvalue weighted by Gasteiger charge is -2.32. The van der Waals surface area contributed by atoms with Gasteiger partial charge in [0.15, 0.2) is 0 Å². The topological polar surface area (TPSA) is 15.7 Å². The van der Waals surface area contributed by atoms with E-state index < -0.39 is 0 Å². The SMILES string of the molecule is CN(CCN1CCOCC1)C(Cc1ccccc1)c1ccccc1. The molecule has 1 heterocycles. The predicted molar refractivity (Wildman–Crippen MR) is 99.2 cm³/mol. The number of hydrogen-bond acceptors (Lipinski definition) is 3. The number of benzene rings is 2. The maximum atomic E-state index is 5.45. The van der Waals surface area contributed by atoms with E-state index in [4.69, 9.17) is 4.74 Å². The van der Waals surface area contributed by atoms with Gasteiger partial charge in [-0.15, -0.1) is 0 Å². The number of morpholine rings is 1. The van der Waals surface area contributed by atoms with Gasteiger partial charge >= 0.3 is 0 Å². The van der Waals surface area contributed by atoms with Crippen LogP contribution in [0.1, 0.15) is 17.2 Å². The fourth-order valence-corrected chi connectivity index (χ4v) is 3.32. The van der Waals surface area contributed by atoms with Crippen LogP contribution in [0, 0.1) is 0 Å². The number of ether oxygens (including phenoxy) is 1. The van der Waals surface area contributed by atoms with Crippen molar-refractivity contribution >= 4 is 0 Å². The number of likely N-dealkylation sites (N-methyl/N-ethyl adjacent to an activating group) is 1. The van der Waals surface area contributed by atoms with Gasteiger partial charge in [0.1, 0.15) is 0 Å². The second kappa shape index (κ2) is 8.97. The molecule has 0 spiro atoms. The quantitative estimate of drug-likeness (QED) is 0.778. The summed E-state index contributed by atoms with van der Waals surface area (Å²) in [5.74, 6) is 0. The normalized spacial score (nSPS) is 17.1. The molecule has 24 heavy (non-hydrogen) atoms. The molecule has 0 saturated carbocycles. The smallest absolute Gasteiger partial charge is 0.0594 e. The van der Waals surface area contributed by atoms with Crippen molar-refractivity contribution in [1.29, 1.82) is 0 Å². The van der Waals surface area contributed by atoms with Gasteiger partial charge < -0.3 is 4.74 Å². The van der Waals surface area contributed by atoms with Gasteiger partial charge in [0, 0.05) is 32.2 Å². The van der Waals surface area contributed by atoms with E-state index in [1.54, 1.807) is 0 Å². The molecule has 0 aliphatic carbocycles. The first-order valence-electron chi connectivity index (χ1n) is 8.92. The average molecular weight is 324 g/mol. The van der Waals surface area contributed by atoms with Gasteiger partial charge in [-0.1, -0.05) is 60.7 Å². The Labute approximate surface area is 145 Å². The average Bonchev–Trinajstić information content (AvgIpc) is 2.66. The van der Waals surface area contributed by atoms with Crippen LogP contribution in [0.4, 0.5) is 0 Å². The van der Waals surface area contributed by atoms with Crippen molar-refractivity contribution in [3.05, 3.63) is 71.8 Å². The second-order valence-electron chi connectivity index (χ2n) is 6.55. The van der Waals surface area contributed by atoms with E-state index in [1.807, 2.05) is 0 Å². The zero-order chi connectivity index (χ0) is 16.6. The molecular weight excluding hydrogens is 296 g/mol. The van der Waals surface area contributed by atoms with E-state index in [-0.39, 0.29) is 0 Å². The standard InChI is InChI=1S/C21H28N2O/c1-22(12-13-23-14-16-24-17-15-23)21(20-10-6-3-7-11-20)18-19-8-4-2-5-9-19/h2-11,21H,12-18H2,1H3. The first-order chi connectivity index (χ1) is 11.8. The van der Waals surface area contributed by atoms with Gasteiger partial charge in [-0.2, -0.15) is 0 Å². The molecule has 0 N–H and O–H groups in total. The lowest BCUT2D eigenvalue weighted by atomic mass is 9.97. The third-order valence-electron chi connectivity index (χ3n) is 4.86. The molecule has 1 fully saturated rings. The Kier molecular flexibility index (Phi) is 6.41. The first-order valence-corrected chi connectivity index (χ1v) is 8.92. The molecule has 1 aliphatic heterocycles. The van der Waals surface area contributed by atoms with Crippen molar-refractivity contribution < 1.29 is 4.74 Å². The fraction of sp³-hybridized carbons (Fsp3) is 0.429. The maximum Gasteiger partial charge on any atom is 0.0594 e. The van der Waals surface area contributed by atoms with Crippen LogP contribution in [0.5, 0.6) is 0 Å². The van der Waals surface area contributed by atoms with Gasteiger partial charge in [0.25, 0.3) is 0 Å². The van der Waals surface area contributed by atoms with Crippen LogP contribution < -0.4 is 0 Å². The number of rotatable bonds is 7. The largest absolute Gasteiger partial charge is 0.379 e. The summed E-state index contributed by atoms with van der Waals surface area (Å²) >= 11 is 0. The summed E-state index contributed by atoms with van der Waals surface area (Å²) in [6.07, 6.45) is 1.05. The summed E-state index contributed by atoms with van der Waals surface area (Å²) in [5.41, 5.74) is 2.79. The summed E-state index contributed by atoms with van der Waals surface area (Å²) in [6.45, 7) is 6.04. The van der Waals surface area contributed by atoms with Gasteiger partial charge in [-0.3, -0.25) is 9.80 Å². The highest BCUT2D eigenvalue weighted by Gasteiger charge is 2.19. The molecule has 0 bridgehead atoms. The fourth-order valence-electron chi connectivity index (χ4n) is 3.32. The molecule has 1 atom stereocenters. The monoisotopic (exact) mass is 324 g/mol. The van der Waals surface area contributed by atoms with Gasteiger partial charge in [0.05, 0.1) is 13.2 Å². The van der Waals surface area contributed by atoms with E-state index in [0.717, 1.165) is 45.8 Å². The van der Waals surface area contributed by atoms with Crippen molar-refractivity contribution in [2.75, 3.05) is 46.4 Å². The Morgan fingerprint density at radius 3 is 2.25 bits per heavy atom. The van der Waals surface area contributed by atoms with Gasteiger partial charge in [-0.05, 0) is 24.6 Å². The van der Waals surface area contributed by atoms with Crippen LogP contribution in [-0.2, 0) is 11.2 Å². The Hall–Kier alpha value is -1.68. The first kappa shape index (κ1) is 17.2. The molecule has 128 valence electrons. The van der Waals surface area contributed by atoms with Crippen molar-refractivity contribution in [3.8, 4) is 0 Å². The van der Waals surface area contributed by atoms with E-state index >= 15 is 0 Å². The number of hydrogen-bond donors (Lipinski definition) is 0. The van der Waals surface area contributed by atoms with Crippen molar-refractivity contribution in [2.45, 2.75) is 12.5 Å². The molecule has 3 rings (SSSR count). The van der Waals surface area contributed by atoms with Crippen LogP contribution in [0.15, 0.2) is 60.7 Å². The Morgan fingerprint density at radius 2 is 1.58 bits per heavy atom. The van der Waals surface area contributed by atoms with Crippen molar-refractivity contribution in [3.63, 3.8) is 0 Å². The minimum absolute atomic E-state index is 0.412. The van der Waals surface area contributed by atoms with E-state index in [9.17, 15) is 0 Å². The van der Waals surface area contributed by atoms with Crippen LogP contribution >= 0.6 is 0 Å².